The summed E-state index contributed by atoms with van der Waals surface area (Å²) in [6.07, 6.45) is 3.70. The lowest BCUT2D eigenvalue weighted by Gasteiger charge is -2.58. The zero-order chi connectivity index (χ0) is 24.3. The summed E-state index contributed by atoms with van der Waals surface area (Å²) in [5, 5.41) is 18.5. The number of rotatable bonds is 4. The normalized spacial score (nSPS) is 26.6. The summed E-state index contributed by atoms with van der Waals surface area (Å²) in [5.41, 5.74) is 3.43. The van der Waals surface area contributed by atoms with Crippen LogP contribution in [0.4, 0.5) is 0 Å². The second kappa shape index (κ2) is 8.40. The molecule has 2 bridgehead atoms. The molecule has 0 spiro atoms. The number of quaternary nitrogens is 1. The summed E-state index contributed by atoms with van der Waals surface area (Å²) in [5.74, 6) is 1.37. The van der Waals surface area contributed by atoms with Crippen LogP contribution < -0.4 is 0 Å². The van der Waals surface area contributed by atoms with Crippen molar-refractivity contribution in [2.45, 2.75) is 38.5 Å². The molecule has 5 aromatic rings. The number of fused-ring (bicyclic) bond motifs is 6. The Morgan fingerprint density at radius 1 is 0.889 bits per heavy atom. The van der Waals surface area contributed by atoms with Crippen molar-refractivity contribution < 1.29 is 9.59 Å². The second-order valence-electron chi connectivity index (χ2n) is 11.3. The van der Waals surface area contributed by atoms with Gasteiger partial charge in [-0.3, -0.25) is 4.98 Å². The molecular weight excluding hydrogens is 440 g/mol. The lowest BCUT2D eigenvalue weighted by molar-refractivity contribution is -0.985. The summed E-state index contributed by atoms with van der Waals surface area (Å²) in [6, 6.07) is 30.5. The van der Waals surface area contributed by atoms with Gasteiger partial charge in [-0.1, -0.05) is 73.7 Å². The topological polar surface area (TPSA) is 33.1 Å². The van der Waals surface area contributed by atoms with Gasteiger partial charge >= 0.3 is 0 Å². The molecule has 4 heterocycles. The molecule has 0 radical (unpaired) electrons. The van der Waals surface area contributed by atoms with Gasteiger partial charge in [0.05, 0.1) is 18.6 Å². The van der Waals surface area contributed by atoms with Gasteiger partial charge in [0.15, 0.2) is 0 Å². The molecular formula is C33H33N2O+. The number of aliphatic hydroxyl groups is 1. The first-order chi connectivity index (χ1) is 17.6. The maximum atomic E-state index is 12.1. The third-order valence-electron chi connectivity index (χ3n) is 9.37. The van der Waals surface area contributed by atoms with E-state index in [4.69, 9.17) is 0 Å². The van der Waals surface area contributed by atoms with Crippen LogP contribution in [0.25, 0.3) is 32.4 Å². The van der Waals surface area contributed by atoms with E-state index in [1.54, 1.807) is 0 Å². The van der Waals surface area contributed by atoms with Gasteiger partial charge in [-0.25, -0.2) is 0 Å². The molecule has 1 unspecified atom stereocenters. The number of pyridine rings is 1. The fourth-order valence-corrected chi connectivity index (χ4v) is 7.57. The number of para-hydroxylation sites is 1. The smallest absolute Gasteiger partial charge is 0.131 e. The Balaban J connectivity index is 1.38. The minimum Gasteiger partial charge on any atom is -0.382 e. The van der Waals surface area contributed by atoms with Crippen LogP contribution in [0.15, 0.2) is 91.1 Å². The maximum Gasteiger partial charge on any atom is 0.131 e. The third-order valence-corrected chi connectivity index (χ3v) is 9.37. The molecule has 3 saturated heterocycles. The number of benzene rings is 4. The minimum atomic E-state index is -0.505. The van der Waals surface area contributed by atoms with Crippen LogP contribution in [0.1, 0.15) is 37.0 Å². The van der Waals surface area contributed by atoms with Crippen molar-refractivity contribution in [3.05, 3.63) is 102 Å². The van der Waals surface area contributed by atoms with Crippen LogP contribution in [0, 0.1) is 11.8 Å². The van der Waals surface area contributed by atoms with Gasteiger partial charge < -0.3 is 9.59 Å². The molecule has 1 aromatic heterocycles. The van der Waals surface area contributed by atoms with Gasteiger partial charge in [-0.2, -0.15) is 0 Å². The lowest BCUT2D eigenvalue weighted by atomic mass is 9.71. The highest BCUT2D eigenvalue weighted by molar-refractivity contribution is 6.02. The van der Waals surface area contributed by atoms with E-state index in [1.807, 2.05) is 24.4 Å². The summed E-state index contributed by atoms with van der Waals surface area (Å²) >= 11 is 0. The molecule has 3 fully saturated rings. The lowest BCUT2D eigenvalue weighted by Crippen LogP contribution is -2.67. The molecule has 8 rings (SSSR count). The number of hydrogen-bond donors (Lipinski definition) is 1. The van der Waals surface area contributed by atoms with Crippen LogP contribution in [0.3, 0.4) is 0 Å². The first-order valence-electron chi connectivity index (χ1n) is 13.4. The molecule has 4 aromatic carbocycles. The van der Waals surface area contributed by atoms with Gasteiger partial charge in [0.2, 0.25) is 0 Å². The zero-order valence-electron chi connectivity index (χ0n) is 20.8. The standard InChI is InChI=1S/C33H33N2O/c1-22-20-35(21-30-26-10-4-2-8-24(26)18-25-9-3-5-11-27(25)30)17-15-23(22)19-32(35)33(36)29-14-16-34-31-13-7-6-12-28(29)31/h2-14,16,18,22-23,32-33,36H,15,17,19-21H2,1H3/q+1/t22-,23-,32-,33+,35?/m0/s1. The molecule has 5 atom stereocenters. The molecule has 0 aliphatic carbocycles. The van der Waals surface area contributed by atoms with Gasteiger partial charge in [0.25, 0.3) is 0 Å². The molecule has 180 valence electrons. The number of hydrogen-bond acceptors (Lipinski definition) is 2. The molecule has 1 N–H and O–H groups in total. The summed E-state index contributed by atoms with van der Waals surface area (Å²) in [6.45, 7) is 5.66. The summed E-state index contributed by atoms with van der Waals surface area (Å²) in [7, 11) is 0. The van der Waals surface area contributed by atoms with Gasteiger partial charge in [0, 0.05) is 35.9 Å². The highest BCUT2D eigenvalue weighted by atomic mass is 16.3. The largest absolute Gasteiger partial charge is 0.382 e. The third kappa shape index (κ3) is 3.37. The Morgan fingerprint density at radius 3 is 2.28 bits per heavy atom. The van der Waals surface area contributed by atoms with Crippen molar-refractivity contribution in [3.63, 3.8) is 0 Å². The number of piperidine rings is 3. The summed E-state index contributed by atoms with van der Waals surface area (Å²) in [4.78, 5) is 4.57. The Labute approximate surface area is 212 Å². The highest BCUT2D eigenvalue weighted by Crippen LogP contribution is 2.48. The number of nitrogens with zero attached hydrogens (tertiary/aromatic N) is 2. The van der Waals surface area contributed by atoms with Gasteiger partial charge in [0.1, 0.15) is 18.7 Å². The fraction of sp³-hybridized carbons (Fsp3) is 0.303. The van der Waals surface area contributed by atoms with Crippen molar-refractivity contribution >= 4 is 32.4 Å². The molecule has 3 aliphatic rings. The van der Waals surface area contributed by atoms with E-state index in [-0.39, 0.29) is 6.04 Å². The highest BCUT2D eigenvalue weighted by Gasteiger charge is 2.53. The quantitative estimate of drug-likeness (QED) is 0.225. The van der Waals surface area contributed by atoms with E-state index in [0.717, 1.165) is 47.0 Å². The van der Waals surface area contributed by atoms with Gasteiger partial charge in [-0.05, 0) is 51.2 Å². The summed E-state index contributed by atoms with van der Waals surface area (Å²) < 4.78 is 0.966. The first-order valence-corrected chi connectivity index (χ1v) is 13.4. The molecule has 0 amide bonds. The van der Waals surface area contributed by atoms with Crippen LogP contribution in [-0.2, 0) is 6.54 Å². The Kier molecular flexibility index (Phi) is 5.13. The monoisotopic (exact) mass is 473 g/mol. The van der Waals surface area contributed by atoms with E-state index in [1.165, 1.54) is 33.5 Å². The van der Waals surface area contributed by atoms with Crippen molar-refractivity contribution in [2.75, 3.05) is 13.1 Å². The van der Waals surface area contributed by atoms with Crippen molar-refractivity contribution in [3.8, 4) is 0 Å². The van der Waals surface area contributed by atoms with Crippen molar-refractivity contribution in [1.29, 1.82) is 0 Å². The van der Waals surface area contributed by atoms with Crippen molar-refractivity contribution in [1.82, 2.24) is 4.98 Å². The molecule has 3 heteroatoms. The fourth-order valence-electron chi connectivity index (χ4n) is 7.57. The van der Waals surface area contributed by atoms with E-state index in [0.29, 0.717) is 11.8 Å². The van der Waals surface area contributed by atoms with E-state index >= 15 is 0 Å². The van der Waals surface area contributed by atoms with Crippen molar-refractivity contribution in [2.24, 2.45) is 11.8 Å². The Bertz CT molecular complexity index is 1530. The van der Waals surface area contributed by atoms with E-state index < -0.39 is 6.10 Å². The molecule has 0 saturated carbocycles. The van der Waals surface area contributed by atoms with Crippen LogP contribution in [0.5, 0.6) is 0 Å². The Hall–Kier alpha value is -3.27. The van der Waals surface area contributed by atoms with Gasteiger partial charge in [-0.15, -0.1) is 0 Å². The predicted octanol–water partition coefficient (Wildman–Crippen LogP) is 7.02. The second-order valence-corrected chi connectivity index (χ2v) is 11.3. The first kappa shape index (κ1) is 22.0. The molecule has 36 heavy (non-hydrogen) atoms. The number of aliphatic hydroxyl groups excluding tert-OH is 1. The average molecular weight is 474 g/mol. The van der Waals surface area contributed by atoms with Crippen LogP contribution >= 0.6 is 0 Å². The maximum absolute atomic E-state index is 12.1. The molecule has 3 aliphatic heterocycles. The minimum absolute atomic E-state index is 0.184. The van der Waals surface area contributed by atoms with E-state index in [2.05, 4.69) is 78.6 Å². The number of aromatic nitrogens is 1. The molecule has 3 nitrogen and oxygen atoms in total. The Morgan fingerprint density at radius 2 is 1.56 bits per heavy atom. The van der Waals surface area contributed by atoms with Crippen LogP contribution in [0.2, 0.25) is 0 Å². The van der Waals surface area contributed by atoms with Crippen LogP contribution in [-0.4, -0.2) is 33.7 Å². The predicted molar refractivity (Wildman–Crippen MR) is 148 cm³/mol. The average Bonchev–Trinajstić information content (AvgIpc) is 2.92. The van der Waals surface area contributed by atoms with E-state index in [9.17, 15) is 5.11 Å². The SMILES string of the molecule is C[C@H]1C[N+]2(Cc3c4ccccc4cc4ccccc34)CC[C@H]1C[C@H]2[C@H](O)c1ccnc2ccccc12. The zero-order valence-corrected chi connectivity index (χ0v) is 20.8.